The maximum atomic E-state index is 13.4. The van der Waals surface area contributed by atoms with E-state index < -0.39 is 0 Å². The number of piperazine rings is 1. The molecule has 0 saturated carbocycles. The van der Waals surface area contributed by atoms with Gasteiger partial charge >= 0.3 is 0 Å². The van der Waals surface area contributed by atoms with Crippen LogP contribution in [0.25, 0.3) is 0 Å². The number of hydrogen-bond acceptors (Lipinski definition) is 2. The van der Waals surface area contributed by atoms with Crippen LogP contribution >= 0.6 is 11.6 Å². The average molecular weight is 299 g/mol. The Kier molecular flexibility index (Phi) is 5.42. The van der Waals surface area contributed by atoms with E-state index >= 15 is 0 Å². The average Bonchev–Trinajstić information content (AvgIpc) is 2.37. The first kappa shape index (κ1) is 15.7. The van der Waals surface area contributed by atoms with Gasteiger partial charge in [0.15, 0.2) is 0 Å². The largest absolute Gasteiger partial charge is 0.296 e. The zero-order valence-corrected chi connectivity index (χ0v) is 13.3. The summed E-state index contributed by atoms with van der Waals surface area (Å²) in [6.07, 6.45) is 1.15. The van der Waals surface area contributed by atoms with Gasteiger partial charge in [0.2, 0.25) is 0 Å². The van der Waals surface area contributed by atoms with E-state index in [4.69, 9.17) is 11.6 Å². The summed E-state index contributed by atoms with van der Waals surface area (Å²) in [7, 11) is 0. The molecule has 4 heteroatoms. The minimum absolute atomic E-state index is 0.250. The van der Waals surface area contributed by atoms with E-state index in [9.17, 15) is 4.39 Å². The van der Waals surface area contributed by atoms with Crippen molar-refractivity contribution in [3.05, 3.63) is 34.6 Å². The van der Waals surface area contributed by atoms with Crippen molar-refractivity contribution in [2.75, 3.05) is 19.6 Å². The molecule has 0 radical (unpaired) electrons. The molecule has 1 aromatic carbocycles. The smallest absolute Gasteiger partial charge is 0.125 e. The van der Waals surface area contributed by atoms with Crippen molar-refractivity contribution < 1.29 is 4.39 Å². The van der Waals surface area contributed by atoms with Crippen LogP contribution in [0.3, 0.4) is 0 Å². The molecular formula is C16H24ClFN2. The third kappa shape index (κ3) is 3.94. The highest BCUT2D eigenvalue weighted by Crippen LogP contribution is 2.20. The van der Waals surface area contributed by atoms with Crippen molar-refractivity contribution in [2.45, 2.75) is 45.8 Å². The van der Waals surface area contributed by atoms with Crippen molar-refractivity contribution in [1.29, 1.82) is 0 Å². The fourth-order valence-corrected chi connectivity index (χ4v) is 3.33. The molecule has 1 aliphatic heterocycles. The molecule has 1 heterocycles. The monoisotopic (exact) mass is 298 g/mol. The molecule has 2 rings (SSSR count). The predicted octanol–water partition coefficient (Wildman–Crippen LogP) is 3.78. The zero-order chi connectivity index (χ0) is 14.7. The first-order chi connectivity index (χ1) is 9.49. The van der Waals surface area contributed by atoms with Gasteiger partial charge in [0.05, 0.1) is 0 Å². The van der Waals surface area contributed by atoms with E-state index in [0.717, 1.165) is 38.2 Å². The normalized spacial score (nSPS) is 21.6. The molecule has 2 nitrogen and oxygen atoms in total. The molecule has 0 aliphatic carbocycles. The van der Waals surface area contributed by atoms with Crippen LogP contribution in [0, 0.1) is 5.82 Å². The lowest BCUT2D eigenvalue weighted by molar-refractivity contribution is 0.0456. The number of rotatable bonds is 4. The Morgan fingerprint density at radius 3 is 2.65 bits per heavy atom. The highest BCUT2D eigenvalue weighted by Gasteiger charge is 2.27. The van der Waals surface area contributed by atoms with Crippen molar-refractivity contribution in [3.63, 3.8) is 0 Å². The van der Waals surface area contributed by atoms with Crippen LogP contribution in [-0.4, -0.2) is 41.5 Å². The molecule has 1 saturated heterocycles. The third-order valence-corrected chi connectivity index (χ3v) is 4.29. The summed E-state index contributed by atoms with van der Waals surface area (Å²) in [5.41, 5.74) is 0.961. The molecule has 0 spiro atoms. The maximum absolute atomic E-state index is 13.4. The van der Waals surface area contributed by atoms with Crippen molar-refractivity contribution >= 4 is 11.6 Å². The van der Waals surface area contributed by atoms with Gasteiger partial charge in [-0.1, -0.05) is 18.5 Å². The molecular weight excluding hydrogens is 275 g/mol. The van der Waals surface area contributed by atoms with E-state index in [1.807, 2.05) is 6.07 Å². The van der Waals surface area contributed by atoms with Crippen LogP contribution in [0.2, 0.25) is 5.02 Å². The van der Waals surface area contributed by atoms with Gasteiger partial charge in [-0.15, -0.1) is 0 Å². The second kappa shape index (κ2) is 6.88. The second-order valence-corrected chi connectivity index (χ2v) is 6.34. The molecule has 0 aromatic heterocycles. The summed E-state index contributed by atoms with van der Waals surface area (Å²) >= 11 is 5.92. The summed E-state index contributed by atoms with van der Waals surface area (Å²) in [6.45, 7) is 10.7. The van der Waals surface area contributed by atoms with Gasteiger partial charge in [-0.05, 0) is 44.0 Å². The van der Waals surface area contributed by atoms with Crippen molar-refractivity contribution in [1.82, 2.24) is 9.80 Å². The van der Waals surface area contributed by atoms with Crippen LogP contribution in [0.4, 0.5) is 4.39 Å². The second-order valence-electron chi connectivity index (χ2n) is 5.91. The summed E-state index contributed by atoms with van der Waals surface area (Å²) in [5.74, 6) is -0.250. The standard InChI is InChI=1S/C16H24ClFN2/c1-4-16-11-19(5-6-20(16)12(2)3)10-13-7-14(17)9-15(18)8-13/h7-9,12,16H,4-6,10-11H2,1-3H3/t16-/m1/s1. The number of benzene rings is 1. The first-order valence-electron chi connectivity index (χ1n) is 7.42. The fraction of sp³-hybridized carbons (Fsp3) is 0.625. The minimum Gasteiger partial charge on any atom is -0.296 e. The Bertz CT molecular complexity index is 430. The first-order valence-corrected chi connectivity index (χ1v) is 7.80. The van der Waals surface area contributed by atoms with E-state index in [0.29, 0.717) is 17.1 Å². The summed E-state index contributed by atoms with van der Waals surface area (Å²) in [6, 6.07) is 5.98. The third-order valence-electron chi connectivity index (χ3n) is 4.08. The summed E-state index contributed by atoms with van der Waals surface area (Å²) < 4.78 is 13.4. The molecule has 0 N–H and O–H groups in total. The summed E-state index contributed by atoms with van der Waals surface area (Å²) in [5, 5.41) is 0.479. The van der Waals surface area contributed by atoms with Crippen LogP contribution in [0.15, 0.2) is 18.2 Å². The lowest BCUT2D eigenvalue weighted by Gasteiger charge is -2.43. The Balaban J connectivity index is 2.01. The molecule has 1 fully saturated rings. The van der Waals surface area contributed by atoms with Gasteiger partial charge in [-0.25, -0.2) is 4.39 Å². The Hall–Kier alpha value is -0.640. The molecule has 1 aromatic rings. The Morgan fingerprint density at radius 1 is 1.30 bits per heavy atom. The SMILES string of the molecule is CC[C@@H]1CN(Cc2cc(F)cc(Cl)c2)CCN1C(C)C. The van der Waals surface area contributed by atoms with Crippen LogP contribution in [-0.2, 0) is 6.54 Å². The predicted molar refractivity (Wildman–Crippen MR) is 82.6 cm³/mol. The van der Waals surface area contributed by atoms with E-state index in [1.165, 1.54) is 6.07 Å². The highest BCUT2D eigenvalue weighted by molar-refractivity contribution is 6.30. The van der Waals surface area contributed by atoms with Gasteiger partial charge in [-0.2, -0.15) is 0 Å². The van der Waals surface area contributed by atoms with E-state index in [2.05, 4.69) is 30.6 Å². The topological polar surface area (TPSA) is 6.48 Å². The fourth-order valence-electron chi connectivity index (χ4n) is 3.08. The quantitative estimate of drug-likeness (QED) is 0.834. The number of hydrogen-bond donors (Lipinski definition) is 0. The minimum atomic E-state index is -0.250. The Labute approximate surface area is 126 Å². The van der Waals surface area contributed by atoms with Gasteiger partial charge in [-0.3, -0.25) is 9.80 Å². The lowest BCUT2D eigenvalue weighted by Crippen LogP contribution is -2.54. The van der Waals surface area contributed by atoms with Crippen molar-refractivity contribution in [3.8, 4) is 0 Å². The van der Waals surface area contributed by atoms with Crippen LogP contribution < -0.4 is 0 Å². The van der Waals surface area contributed by atoms with Gasteiger partial charge in [0.1, 0.15) is 5.82 Å². The zero-order valence-electron chi connectivity index (χ0n) is 12.6. The molecule has 1 atom stereocenters. The van der Waals surface area contributed by atoms with Gasteiger partial charge in [0, 0.05) is 43.3 Å². The molecule has 112 valence electrons. The maximum Gasteiger partial charge on any atom is 0.125 e. The molecule has 0 unspecified atom stereocenters. The van der Waals surface area contributed by atoms with Crippen LogP contribution in [0.5, 0.6) is 0 Å². The number of halogens is 2. The van der Waals surface area contributed by atoms with Crippen molar-refractivity contribution in [2.24, 2.45) is 0 Å². The molecule has 0 amide bonds. The van der Waals surface area contributed by atoms with Crippen LogP contribution in [0.1, 0.15) is 32.8 Å². The number of nitrogens with zero attached hydrogens (tertiary/aromatic N) is 2. The van der Waals surface area contributed by atoms with E-state index in [-0.39, 0.29) is 5.82 Å². The van der Waals surface area contributed by atoms with E-state index in [1.54, 1.807) is 6.07 Å². The van der Waals surface area contributed by atoms with Gasteiger partial charge < -0.3 is 0 Å². The highest BCUT2D eigenvalue weighted by atomic mass is 35.5. The Morgan fingerprint density at radius 2 is 2.05 bits per heavy atom. The lowest BCUT2D eigenvalue weighted by atomic mass is 10.1. The summed E-state index contributed by atoms with van der Waals surface area (Å²) in [4.78, 5) is 4.97. The molecule has 20 heavy (non-hydrogen) atoms. The van der Waals surface area contributed by atoms with Gasteiger partial charge in [0.25, 0.3) is 0 Å². The molecule has 0 bridgehead atoms. The molecule has 1 aliphatic rings.